The van der Waals surface area contributed by atoms with Crippen molar-refractivity contribution < 1.29 is 0 Å². The molecule has 0 spiro atoms. The molecule has 4 heteroatoms. The molecule has 19 heavy (non-hydrogen) atoms. The number of halogens is 1. The van der Waals surface area contributed by atoms with Crippen LogP contribution in [0.1, 0.15) is 56.9 Å². The van der Waals surface area contributed by atoms with Gasteiger partial charge in [-0.3, -0.25) is 4.90 Å². The predicted octanol–water partition coefficient (Wildman–Crippen LogP) is 4.55. The van der Waals surface area contributed by atoms with Crippen LogP contribution in [0.3, 0.4) is 0 Å². The molecule has 1 aliphatic heterocycles. The van der Waals surface area contributed by atoms with Crippen LogP contribution < -0.4 is 5.73 Å². The lowest BCUT2D eigenvalue weighted by molar-refractivity contribution is 0.127. The molecule has 0 aromatic carbocycles. The lowest BCUT2D eigenvalue weighted by Gasteiger charge is -2.38. The number of likely N-dealkylation sites (tertiary alicyclic amines) is 1. The van der Waals surface area contributed by atoms with Crippen molar-refractivity contribution in [1.82, 2.24) is 4.90 Å². The van der Waals surface area contributed by atoms with Crippen LogP contribution in [0.25, 0.3) is 0 Å². The SMILES string of the molecule is CCC(N)C(c1ccc(Br)s1)N1CCCCCC1C. The van der Waals surface area contributed by atoms with Gasteiger partial charge in [0.1, 0.15) is 0 Å². The number of nitrogens with zero attached hydrogens (tertiary/aromatic N) is 1. The number of thiophene rings is 1. The van der Waals surface area contributed by atoms with Gasteiger partial charge in [-0.05, 0) is 60.8 Å². The van der Waals surface area contributed by atoms with E-state index in [1.807, 2.05) is 11.3 Å². The summed E-state index contributed by atoms with van der Waals surface area (Å²) in [5.74, 6) is 0. The molecule has 3 atom stereocenters. The van der Waals surface area contributed by atoms with Crippen molar-refractivity contribution >= 4 is 27.3 Å². The fourth-order valence-electron chi connectivity index (χ4n) is 3.04. The van der Waals surface area contributed by atoms with E-state index in [1.54, 1.807) is 0 Å². The van der Waals surface area contributed by atoms with E-state index in [0.29, 0.717) is 12.1 Å². The second-order valence-corrected chi connectivity index (χ2v) is 8.09. The zero-order valence-electron chi connectivity index (χ0n) is 11.9. The van der Waals surface area contributed by atoms with Gasteiger partial charge in [0.25, 0.3) is 0 Å². The van der Waals surface area contributed by atoms with E-state index >= 15 is 0 Å². The minimum atomic E-state index is 0.228. The van der Waals surface area contributed by atoms with Crippen LogP contribution in [0, 0.1) is 0 Å². The van der Waals surface area contributed by atoms with Crippen molar-refractivity contribution in [3.63, 3.8) is 0 Å². The molecule has 2 heterocycles. The topological polar surface area (TPSA) is 29.3 Å². The normalized spacial score (nSPS) is 24.9. The molecule has 0 bridgehead atoms. The molecule has 1 fully saturated rings. The Labute approximate surface area is 129 Å². The summed E-state index contributed by atoms with van der Waals surface area (Å²) < 4.78 is 1.21. The lowest BCUT2D eigenvalue weighted by atomic mass is 10.0. The molecular weight excluding hydrogens is 320 g/mol. The van der Waals surface area contributed by atoms with E-state index in [0.717, 1.165) is 6.42 Å². The largest absolute Gasteiger partial charge is 0.326 e. The second-order valence-electron chi connectivity index (χ2n) is 5.59. The first-order valence-electron chi connectivity index (χ1n) is 7.40. The second kappa shape index (κ2) is 7.21. The molecule has 1 aliphatic rings. The van der Waals surface area contributed by atoms with Gasteiger partial charge in [-0.1, -0.05) is 19.8 Å². The number of hydrogen-bond donors (Lipinski definition) is 1. The molecule has 2 N–H and O–H groups in total. The Bertz CT molecular complexity index is 393. The van der Waals surface area contributed by atoms with Gasteiger partial charge >= 0.3 is 0 Å². The van der Waals surface area contributed by atoms with Gasteiger partial charge in [0.2, 0.25) is 0 Å². The number of nitrogens with two attached hydrogens (primary N) is 1. The molecule has 2 nitrogen and oxygen atoms in total. The molecule has 1 saturated heterocycles. The summed E-state index contributed by atoms with van der Waals surface area (Å²) in [4.78, 5) is 4.06. The van der Waals surface area contributed by atoms with Crippen LogP contribution in [-0.4, -0.2) is 23.5 Å². The molecule has 0 amide bonds. The van der Waals surface area contributed by atoms with Crippen molar-refractivity contribution in [3.05, 3.63) is 20.8 Å². The van der Waals surface area contributed by atoms with E-state index in [-0.39, 0.29) is 6.04 Å². The smallest absolute Gasteiger partial charge is 0.0702 e. The van der Waals surface area contributed by atoms with Gasteiger partial charge in [-0.2, -0.15) is 0 Å². The maximum absolute atomic E-state index is 6.45. The Morgan fingerprint density at radius 3 is 2.84 bits per heavy atom. The van der Waals surface area contributed by atoms with E-state index in [1.165, 1.54) is 40.9 Å². The van der Waals surface area contributed by atoms with Crippen LogP contribution in [0.5, 0.6) is 0 Å². The molecule has 1 aromatic heterocycles. The van der Waals surface area contributed by atoms with Crippen molar-refractivity contribution in [2.75, 3.05) is 6.54 Å². The van der Waals surface area contributed by atoms with Crippen LogP contribution in [-0.2, 0) is 0 Å². The molecule has 0 aliphatic carbocycles. The molecule has 0 radical (unpaired) electrons. The average molecular weight is 345 g/mol. The van der Waals surface area contributed by atoms with Gasteiger partial charge in [-0.15, -0.1) is 11.3 Å². The molecule has 3 unspecified atom stereocenters. The first kappa shape index (κ1) is 15.5. The van der Waals surface area contributed by atoms with Crippen molar-refractivity contribution in [2.24, 2.45) is 5.73 Å². The van der Waals surface area contributed by atoms with Gasteiger partial charge in [0, 0.05) is 17.0 Å². The predicted molar refractivity (Wildman–Crippen MR) is 87.7 cm³/mol. The average Bonchev–Trinajstić information content (AvgIpc) is 2.71. The fourth-order valence-corrected chi connectivity index (χ4v) is 4.66. The van der Waals surface area contributed by atoms with Crippen LogP contribution in [0.4, 0.5) is 0 Å². The van der Waals surface area contributed by atoms with E-state index in [4.69, 9.17) is 5.73 Å². The summed E-state index contributed by atoms with van der Waals surface area (Å²) in [5, 5.41) is 0. The van der Waals surface area contributed by atoms with Gasteiger partial charge < -0.3 is 5.73 Å². The molecule has 1 aromatic rings. The fraction of sp³-hybridized carbons (Fsp3) is 0.733. The zero-order chi connectivity index (χ0) is 13.8. The summed E-state index contributed by atoms with van der Waals surface area (Å²) in [6, 6.07) is 5.65. The number of hydrogen-bond acceptors (Lipinski definition) is 3. The minimum absolute atomic E-state index is 0.228. The molecular formula is C15H25BrN2S. The Kier molecular flexibility index (Phi) is 5.87. The third-order valence-corrected chi connectivity index (χ3v) is 5.92. The Hall–Kier alpha value is 0.1000. The van der Waals surface area contributed by atoms with E-state index < -0.39 is 0 Å². The standard InChI is InChI=1S/C15H25BrN2S/c1-3-12(17)15(13-8-9-14(16)19-13)18-10-6-4-5-7-11(18)2/h8-9,11-12,15H,3-7,10,17H2,1-2H3. The Morgan fingerprint density at radius 2 is 2.21 bits per heavy atom. The van der Waals surface area contributed by atoms with Crippen LogP contribution in [0.2, 0.25) is 0 Å². The van der Waals surface area contributed by atoms with Gasteiger partial charge in [0.15, 0.2) is 0 Å². The molecule has 0 saturated carbocycles. The lowest BCUT2D eigenvalue weighted by Crippen LogP contribution is -2.44. The summed E-state index contributed by atoms with van der Waals surface area (Å²) in [5.41, 5.74) is 6.45. The van der Waals surface area contributed by atoms with Crippen molar-refractivity contribution in [2.45, 2.75) is 64.1 Å². The summed E-state index contributed by atoms with van der Waals surface area (Å²) in [7, 11) is 0. The maximum atomic E-state index is 6.45. The highest BCUT2D eigenvalue weighted by atomic mass is 79.9. The highest BCUT2D eigenvalue weighted by Crippen LogP contribution is 2.36. The third kappa shape index (κ3) is 3.81. The van der Waals surface area contributed by atoms with Gasteiger partial charge in [0.05, 0.1) is 9.83 Å². The van der Waals surface area contributed by atoms with Gasteiger partial charge in [-0.25, -0.2) is 0 Å². The zero-order valence-corrected chi connectivity index (χ0v) is 14.3. The quantitative estimate of drug-likeness (QED) is 0.867. The summed E-state index contributed by atoms with van der Waals surface area (Å²) in [6.45, 7) is 5.75. The summed E-state index contributed by atoms with van der Waals surface area (Å²) in [6.07, 6.45) is 6.37. The Balaban J connectivity index is 2.25. The van der Waals surface area contributed by atoms with Crippen molar-refractivity contribution in [3.8, 4) is 0 Å². The van der Waals surface area contributed by atoms with E-state index in [9.17, 15) is 0 Å². The molecule has 2 rings (SSSR count). The monoisotopic (exact) mass is 344 g/mol. The third-order valence-electron chi connectivity index (χ3n) is 4.22. The highest BCUT2D eigenvalue weighted by Gasteiger charge is 2.30. The first-order valence-corrected chi connectivity index (χ1v) is 9.01. The summed E-state index contributed by atoms with van der Waals surface area (Å²) >= 11 is 5.42. The maximum Gasteiger partial charge on any atom is 0.0702 e. The van der Waals surface area contributed by atoms with Crippen molar-refractivity contribution in [1.29, 1.82) is 0 Å². The van der Waals surface area contributed by atoms with Crippen LogP contribution >= 0.6 is 27.3 Å². The molecule has 108 valence electrons. The number of rotatable bonds is 4. The van der Waals surface area contributed by atoms with Crippen LogP contribution in [0.15, 0.2) is 15.9 Å². The van der Waals surface area contributed by atoms with E-state index in [2.05, 4.69) is 46.8 Å². The minimum Gasteiger partial charge on any atom is -0.326 e. The Morgan fingerprint density at radius 1 is 1.42 bits per heavy atom. The first-order chi connectivity index (χ1) is 9.13. The highest BCUT2D eigenvalue weighted by molar-refractivity contribution is 9.11.